The number of amides is 1. The van der Waals surface area contributed by atoms with Crippen molar-refractivity contribution < 1.29 is 22.7 Å². The van der Waals surface area contributed by atoms with E-state index in [2.05, 4.69) is 52.4 Å². The second kappa shape index (κ2) is 14.2. The molecule has 0 saturated heterocycles. The standard InChI is InChI=1S/C30H41IN6O5S/c1-19-12-23(31)22(16-26(19)42-27-15-21(32-18-33-27)17-37(7)11-10-36(5)6)29(38)34-24-13-20(30(2,3)4)14-25(28(24)41-8)35-43(9,39)40/h12-16,18,35H,10-11,17H2,1-9H3,(H,34,38). The van der Waals surface area contributed by atoms with Crippen molar-refractivity contribution in [1.82, 2.24) is 19.8 Å². The number of hydrogen-bond donors (Lipinski definition) is 2. The number of sulfonamides is 1. The predicted octanol–water partition coefficient (Wildman–Crippen LogP) is 5.11. The molecule has 2 aromatic carbocycles. The number of carbonyl (C=O) groups excluding carboxylic acids is 1. The zero-order chi connectivity index (χ0) is 32.1. The molecular weight excluding hydrogens is 683 g/mol. The molecule has 1 amide bonds. The van der Waals surface area contributed by atoms with E-state index in [9.17, 15) is 13.2 Å². The van der Waals surface area contributed by atoms with Crippen LogP contribution in [0.1, 0.15) is 48.0 Å². The van der Waals surface area contributed by atoms with Gasteiger partial charge in [-0.3, -0.25) is 14.4 Å². The van der Waals surface area contributed by atoms with Crippen LogP contribution in [0, 0.1) is 10.5 Å². The molecule has 11 nitrogen and oxygen atoms in total. The number of nitrogens with one attached hydrogen (secondary N) is 2. The number of aromatic nitrogens is 2. The summed E-state index contributed by atoms with van der Waals surface area (Å²) in [4.78, 5) is 26.6. The molecule has 234 valence electrons. The van der Waals surface area contributed by atoms with Gasteiger partial charge in [-0.05, 0) is 91.5 Å². The average molecular weight is 725 g/mol. The van der Waals surface area contributed by atoms with Crippen molar-refractivity contribution >= 4 is 49.9 Å². The number of rotatable bonds is 12. The Balaban J connectivity index is 1.92. The monoisotopic (exact) mass is 724 g/mol. The molecule has 1 heterocycles. The number of hydrogen-bond acceptors (Lipinski definition) is 9. The van der Waals surface area contributed by atoms with Crippen LogP contribution in [0.5, 0.6) is 17.4 Å². The first-order valence-corrected chi connectivity index (χ1v) is 16.6. The first-order chi connectivity index (χ1) is 20.0. The smallest absolute Gasteiger partial charge is 0.256 e. The molecule has 0 unspecified atom stereocenters. The number of methoxy groups -OCH3 is 1. The normalized spacial score (nSPS) is 12.0. The van der Waals surface area contributed by atoms with E-state index in [0.717, 1.165) is 36.2 Å². The van der Waals surface area contributed by atoms with Crippen LogP contribution in [0.3, 0.4) is 0 Å². The molecule has 3 aromatic rings. The number of benzene rings is 2. The summed E-state index contributed by atoms with van der Waals surface area (Å²) >= 11 is 2.11. The Morgan fingerprint density at radius 1 is 1.02 bits per heavy atom. The highest BCUT2D eigenvalue weighted by Gasteiger charge is 2.23. The molecule has 0 atom stereocenters. The second-order valence-corrected chi connectivity index (χ2v) is 14.7. The maximum atomic E-state index is 13.7. The molecule has 3 rings (SSSR count). The van der Waals surface area contributed by atoms with Gasteiger partial charge in [0.15, 0.2) is 5.75 Å². The summed E-state index contributed by atoms with van der Waals surface area (Å²) in [5.41, 5.74) is 3.07. The molecule has 0 aliphatic carbocycles. The summed E-state index contributed by atoms with van der Waals surface area (Å²) in [5.74, 6) is 0.646. The molecule has 0 aliphatic rings. The lowest BCUT2D eigenvalue weighted by Gasteiger charge is -2.24. The van der Waals surface area contributed by atoms with E-state index in [-0.39, 0.29) is 16.9 Å². The van der Waals surface area contributed by atoms with Gasteiger partial charge in [0, 0.05) is 29.3 Å². The minimum Gasteiger partial charge on any atom is -0.492 e. The molecule has 2 N–H and O–H groups in total. The van der Waals surface area contributed by atoms with Gasteiger partial charge >= 0.3 is 0 Å². The Morgan fingerprint density at radius 2 is 1.70 bits per heavy atom. The average Bonchev–Trinajstić information content (AvgIpc) is 2.87. The zero-order valence-corrected chi connectivity index (χ0v) is 29.2. The highest BCUT2D eigenvalue weighted by Crippen LogP contribution is 2.39. The summed E-state index contributed by atoms with van der Waals surface area (Å²) in [6.07, 6.45) is 2.53. The number of halogens is 1. The van der Waals surface area contributed by atoms with Crippen molar-refractivity contribution in [3.63, 3.8) is 0 Å². The maximum absolute atomic E-state index is 13.7. The summed E-state index contributed by atoms with van der Waals surface area (Å²) in [6, 6.07) is 8.84. The SMILES string of the molecule is COc1c(NC(=O)c2cc(Oc3cc(CN(C)CCN(C)C)ncn3)c(C)cc2I)cc(C(C)(C)C)cc1NS(C)(=O)=O. The lowest BCUT2D eigenvalue weighted by Crippen LogP contribution is -2.28. The number of anilines is 2. The van der Waals surface area contributed by atoms with Crippen LogP contribution in [0.4, 0.5) is 11.4 Å². The Kier molecular flexibility index (Phi) is 11.4. The van der Waals surface area contributed by atoms with Gasteiger partial charge in [-0.1, -0.05) is 20.8 Å². The van der Waals surface area contributed by atoms with Crippen LogP contribution in [0.25, 0.3) is 0 Å². The van der Waals surface area contributed by atoms with Gasteiger partial charge in [0.2, 0.25) is 15.9 Å². The van der Waals surface area contributed by atoms with Gasteiger partial charge in [-0.25, -0.2) is 18.4 Å². The van der Waals surface area contributed by atoms with Crippen LogP contribution in [-0.4, -0.2) is 81.7 Å². The van der Waals surface area contributed by atoms with E-state index in [1.807, 2.05) is 54.9 Å². The zero-order valence-electron chi connectivity index (χ0n) is 26.2. The largest absolute Gasteiger partial charge is 0.492 e. The van der Waals surface area contributed by atoms with Crippen LogP contribution in [-0.2, 0) is 22.0 Å². The van der Waals surface area contributed by atoms with E-state index in [0.29, 0.717) is 33.0 Å². The predicted molar refractivity (Wildman–Crippen MR) is 179 cm³/mol. The van der Waals surface area contributed by atoms with Crippen molar-refractivity contribution in [1.29, 1.82) is 0 Å². The van der Waals surface area contributed by atoms with Crippen molar-refractivity contribution in [3.8, 4) is 17.4 Å². The van der Waals surface area contributed by atoms with Gasteiger partial charge in [0.05, 0.1) is 36.0 Å². The van der Waals surface area contributed by atoms with E-state index < -0.39 is 15.9 Å². The first-order valence-electron chi connectivity index (χ1n) is 13.6. The third-order valence-corrected chi connectivity index (χ3v) is 7.97. The van der Waals surface area contributed by atoms with E-state index in [1.54, 1.807) is 24.3 Å². The van der Waals surface area contributed by atoms with E-state index in [1.165, 1.54) is 13.4 Å². The molecule has 13 heteroatoms. The minimum atomic E-state index is -3.61. The summed E-state index contributed by atoms with van der Waals surface area (Å²) in [6.45, 7) is 10.3. The fourth-order valence-electron chi connectivity index (χ4n) is 4.13. The first kappa shape index (κ1) is 34.5. The summed E-state index contributed by atoms with van der Waals surface area (Å²) in [5, 5.41) is 2.92. The molecule has 0 aliphatic heterocycles. The molecule has 0 fully saturated rings. The fraction of sp³-hybridized carbons (Fsp3) is 0.433. The molecule has 0 spiro atoms. The lowest BCUT2D eigenvalue weighted by molar-refractivity contribution is 0.102. The minimum absolute atomic E-state index is 0.203. The van der Waals surface area contributed by atoms with Gasteiger partial charge in [0.25, 0.3) is 5.91 Å². The Bertz CT molecular complexity index is 1570. The molecule has 1 aromatic heterocycles. The molecule has 0 bridgehead atoms. The number of ether oxygens (including phenoxy) is 2. The Labute approximate surface area is 268 Å². The molecule has 0 saturated carbocycles. The molecule has 43 heavy (non-hydrogen) atoms. The topological polar surface area (TPSA) is 126 Å². The van der Waals surface area contributed by atoms with Crippen LogP contribution < -0.4 is 19.5 Å². The summed E-state index contributed by atoms with van der Waals surface area (Å²) in [7, 11) is 3.92. The van der Waals surface area contributed by atoms with Gasteiger partial charge in [0.1, 0.15) is 12.1 Å². The van der Waals surface area contributed by atoms with Crippen LogP contribution >= 0.6 is 22.6 Å². The van der Waals surface area contributed by atoms with Crippen molar-refractivity contribution in [2.24, 2.45) is 0 Å². The van der Waals surface area contributed by atoms with E-state index in [4.69, 9.17) is 9.47 Å². The quantitative estimate of drug-likeness (QED) is 0.246. The summed E-state index contributed by atoms with van der Waals surface area (Å²) < 4.78 is 39.1. The second-order valence-electron chi connectivity index (χ2n) is 11.8. The maximum Gasteiger partial charge on any atom is 0.256 e. The molecule has 0 radical (unpaired) electrons. The van der Waals surface area contributed by atoms with Crippen molar-refractivity contribution in [3.05, 3.63) is 62.6 Å². The van der Waals surface area contributed by atoms with Crippen LogP contribution in [0.15, 0.2) is 36.7 Å². The van der Waals surface area contributed by atoms with Crippen molar-refractivity contribution in [2.45, 2.75) is 39.7 Å². The lowest BCUT2D eigenvalue weighted by atomic mass is 9.86. The van der Waals surface area contributed by atoms with E-state index >= 15 is 0 Å². The number of aryl methyl sites for hydroxylation is 1. The Morgan fingerprint density at radius 3 is 2.30 bits per heavy atom. The van der Waals surface area contributed by atoms with Crippen molar-refractivity contribution in [2.75, 3.05) is 57.6 Å². The Hall–Kier alpha value is -3.01. The fourth-order valence-corrected chi connectivity index (χ4v) is 5.55. The highest BCUT2D eigenvalue weighted by molar-refractivity contribution is 14.1. The van der Waals surface area contributed by atoms with Gasteiger partial charge in [-0.15, -0.1) is 0 Å². The molecular formula is C30H41IN6O5S. The van der Waals surface area contributed by atoms with Gasteiger partial charge in [-0.2, -0.15) is 0 Å². The number of nitrogens with zero attached hydrogens (tertiary/aromatic N) is 4. The van der Waals surface area contributed by atoms with Crippen LogP contribution in [0.2, 0.25) is 0 Å². The number of likely N-dealkylation sites (N-methyl/N-ethyl adjacent to an activating group) is 2. The van der Waals surface area contributed by atoms with Gasteiger partial charge < -0.3 is 19.7 Å². The third kappa shape index (κ3) is 10.0. The highest BCUT2D eigenvalue weighted by atomic mass is 127. The third-order valence-electron chi connectivity index (χ3n) is 6.49. The number of carbonyl (C=O) groups is 1.